The Hall–Kier alpha value is -2.52. The number of non-ortho nitro benzene ring substituents is 1. The number of nitrogens with one attached hydrogen (secondary N) is 2. The fourth-order valence-electron chi connectivity index (χ4n) is 1.61. The Labute approximate surface area is 127 Å². The summed E-state index contributed by atoms with van der Waals surface area (Å²) in [6, 6.07) is 5.60. The summed E-state index contributed by atoms with van der Waals surface area (Å²) in [5.41, 5.74) is 3.39. The molecule has 0 aliphatic carbocycles. The van der Waals surface area contributed by atoms with Crippen molar-refractivity contribution >= 4 is 38.9 Å². The number of nitrogens with two attached hydrogens (primary N) is 1. The highest BCUT2D eigenvalue weighted by Gasteiger charge is 2.14. The first kappa shape index (κ1) is 14.9. The van der Waals surface area contributed by atoms with Crippen molar-refractivity contribution in [3.63, 3.8) is 0 Å². The van der Waals surface area contributed by atoms with Crippen LogP contribution in [-0.2, 0) is 0 Å². The molecule has 9 heteroatoms. The van der Waals surface area contributed by atoms with Gasteiger partial charge in [0.2, 0.25) is 0 Å². The number of nitro benzene ring substituents is 1. The van der Waals surface area contributed by atoms with Crippen LogP contribution in [0.3, 0.4) is 0 Å². The number of nitrogen functional groups attached to an aromatic ring is 1. The number of amides is 1. The van der Waals surface area contributed by atoms with Crippen LogP contribution in [0, 0.1) is 10.1 Å². The number of rotatable bonds is 4. The molecule has 2 rings (SSSR count). The van der Waals surface area contributed by atoms with E-state index >= 15 is 0 Å². The first-order valence-electron chi connectivity index (χ1n) is 5.69. The smallest absolute Gasteiger partial charge is 0.270 e. The Morgan fingerprint density at radius 2 is 2.10 bits per heavy atom. The lowest BCUT2D eigenvalue weighted by atomic mass is 10.2. The van der Waals surface area contributed by atoms with E-state index in [-0.39, 0.29) is 11.3 Å². The van der Waals surface area contributed by atoms with E-state index in [1.807, 2.05) is 0 Å². The van der Waals surface area contributed by atoms with Crippen LogP contribution in [0.5, 0.6) is 0 Å². The number of halogens is 1. The monoisotopic (exact) mass is 351 g/mol. The summed E-state index contributed by atoms with van der Waals surface area (Å²) >= 11 is 3.18. The number of nitro groups is 1. The van der Waals surface area contributed by atoms with E-state index in [1.54, 1.807) is 6.07 Å². The summed E-state index contributed by atoms with van der Waals surface area (Å²) in [5, 5.41) is 13.3. The standard InChI is InChI=1S/C12H10BrN5O3/c13-9-5-7(18(20)21)1-2-11(9)16-12(19)8-6-15-4-3-10(8)17-14/h1-6H,14H2,(H,15,17)(H,16,19). The number of benzene rings is 1. The maximum absolute atomic E-state index is 12.2. The third-order valence-electron chi connectivity index (χ3n) is 2.63. The fourth-order valence-corrected chi connectivity index (χ4v) is 2.08. The van der Waals surface area contributed by atoms with Gasteiger partial charge in [-0.15, -0.1) is 0 Å². The Kier molecular flexibility index (Phi) is 4.45. The molecule has 0 saturated carbocycles. The Morgan fingerprint density at radius 1 is 1.33 bits per heavy atom. The molecule has 0 aliphatic rings. The second-order valence-corrected chi connectivity index (χ2v) is 4.80. The Balaban J connectivity index is 2.26. The molecule has 0 aliphatic heterocycles. The third kappa shape index (κ3) is 3.33. The number of hydrogen-bond acceptors (Lipinski definition) is 6. The predicted octanol–water partition coefficient (Wildman–Crippen LogP) is 2.29. The predicted molar refractivity (Wildman–Crippen MR) is 80.8 cm³/mol. The molecule has 21 heavy (non-hydrogen) atoms. The van der Waals surface area contributed by atoms with Gasteiger partial charge < -0.3 is 10.7 Å². The van der Waals surface area contributed by atoms with Crippen LogP contribution in [0.4, 0.5) is 17.1 Å². The summed E-state index contributed by atoms with van der Waals surface area (Å²) in [4.78, 5) is 26.2. The number of carbonyl (C=O) groups excluding carboxylic acids is 1. The van der Waals surface area contributed by atoms with E-state index < -0.39 is 10.8 Å². The fraction of sp³-hybridized carbons (Fsp3) is 0. The minimum Gasteiger partial charge on any atom is -0.323 e. The van der Waals surface area contributed by atoms with Crippen LogP contribution < -0.4 is 16.6 Å². The molecule has 1 aromatic heterocycles. The first-order valence-corrected chi connectivity index (χ1v) is 6.48. The highest BCUT2D eigenvalue weighted by atomic mass is 79.9. The van der Waals surface area contributed by atoms with Gasteiger partial charge in [0.05, 0.1) is 21.9 Å². The second kappa shape index (κ2) is 6.29. The number of nitrogens with zero attached hydrogens (tertiary/aromatic N) is 2. The van der Waals surface area contributed by atoms with E-state index in [1.165, 1.54) is 30.6 Å². The van der Waals surface area contributed by atoms with Gasteiger partial charge in [-0.1, -0.05) is 0 Å². The summed E-state index contributed by atoms with van der Waals surface area (Å²) in [6.45, 7) is 0. The number of pyridine rings is 1. The van der Waals surface area contributed by atoms with Crippen molar-refractivity contribution in [2.24, 2.45) is 5.84 Å². The van der Waals surface area contributed by atoms with Crippen LogP contribution >= 0.6 is 15.9 Å². The SMILES string of the molecule is NNc1ccncc1C(=O)Nc1ccc([N+](=O)[O-])cc1Br. The molecule has 0 radical (unpaired) electrons. The molecule has 108 valence electrons. The molecular formula is C12H10BrN5O3. The first-order chi connectivity index (χ1) is 10.0. The van der Waals surface area contributed by atoms with Crippen molar-refractivity contribution < 1.29 is 9.72 Å². The highest BCUT2D eigenvalue weighted by molar-refractivity contribution is 9.10. The van der Waals surface area contributed by atoms with Crippen molar-refractivity contribution in [3.05, 3.63) is 56.8 Å². The molecule has 2 aromatic rings. The minimum atomic E-state index is -0.520. The molecule has 0 fully saturated rings. The zero-order valence-corrected chi connectivity index (χ0v) is 12.1. The number of hydrogen-bond donors (Lipinski definition) is 3. The van der Waals surface area contributed by atoms with Crippen molar-refractivity contribution in [1.82, 2.24) is 4.98 Å². The summed E-state index contributed by atoms with van der Waals surface area (Å²) in [6.07, 6.45) is 2.86. The largest absolute Gasteiger partial charge is 0.323 e. The van der Waals surface area contributed by atoms with Crippen molar-refractivity contribution in [3.8, 4) is 0 Å². The molecule has 0 spiro atoms. The van der Waals surface area contributed by atoms with Gasteiger partial charge in [0.25, 0.3) is 11.6 Å². The van der Waals surface area contributed by atoms with Gasteiger partial charge in [-0.05, 0) is 28.1 Å². The summed E-state index contributed by atoms with van der Waals surface area (Å²) in [5.74, 6) is 4.88. The van der Waals surface area contributed by atoms with E-state index in [0.29, 0.717) is 15.8 Å². The molecule has 4 N–H and O–H groups in total. The molecule has 0 saturated heterocycles. The average Bonchev–Trinajstić information content (AvgIpc) is 2.48. The van der Waals surface area contributed by atoms with Crippen LogP contribution in [0.15, 0.2) is 41.1 Å². The van der Waals surface area contributed by atoms with Crippen LogP contribution in [-0.4, -0.2) is 15.8 Å². The van der Waals surface area contributed by atoms with Gasteiger partial charge in [-0.2, -0.15) is 0 Å². The third-order valence-corrected chi connectivity index (χ3v) is 3.29. The van der Waals surface area contributed by atoms with E-state index in [4.69, 9.17) is 5.84 Å². The maximum atomic E-state index is 12.2. The van der Waals surface area contributed by atoms with Crippen molar-refractivity contribution in [2.45, 2.75) is 0 Å². The molecule has 0 unspecified atom stereocenters. The normalized spacial score (nSPS) is 10.0. The van der Waals surface area contributed by atoms with Crippen LogP contribution in [0.25, 0.3) is 0 Å². The van der Waals surface area contributed by atoms with Crippen molar-refractivity contribution in [2.75, 3.05) is 10.7 Å². The van der Waals surface area contributed by atoms with Crippen LogP contribution in [0.2, 0.25) is 0 Å². The lowest BCUT2D eigenvalue weighted by molar-refractivity contribution is -0.384. The van der Waals surface area contributed by atoms with Crippen LogP contribution in [0.1, 0.15) is 10.4 Å². The molecule has 1 aromatic carbocycles. The number of hydrazine groups is 1. The summed E-state index contributed by atoms with van der Waals surface area (Å²) in [7, 11) is 0. The molecular weight excluding hydrogens is 342 g/mol. The Morgan fingerprint density at radius 3 is 2.71 bits per heavy atom. The molecule has 8 nitrogen and oxygen atoms in total. The van der Waals surface area contributed by atoms with E-state index in [0.717, 1.165) is 0 Å². The minimum absolute atomic E-state index is 0.0782. The molecule has 1 heterocycles. The Bertz CT molecular complexity index is 707. The number of carbonyl (C=O) groups is 1. The quantitative estimate of drug-likeness (QED) is 0.441. The molecule has 1 amide bonds. The van der Waals surface area contributed by atoms with Gasteiger partial charge in [0.15, 0.2) is 0 Å². The average molecular weight is 352 g/mol. The van der Waals surface area contributed by atoms with Gasteiger partial charge in [0.1, 0.15) is 0 Å². The van der Waals surface area contributed by atoms with E-state index in [9.17, 15) is 14.9 Å². The van der Waals surface area contributed by atoms with E-state index in [2.05, 4.69) is 31.7 Å². The zero-order chi connectivity index (χ0) is 15.4. The maximum Gasteiger partial charge on any atom is 0.270 e. The van der Waals surface area contributed by atoms with Gasteiger partial charge in [-0.3, -0.25) is 25.7 Å². The molecule has 0 bridgehead atoms. The highest BCUT2D eigenvalue weighted by Crippen LogP contribution is 2.27. The number of aromatic nitrogens is 1. The lowest BCUT2D eigenvalue weighted by Gasteiger charge is -2.10. The topological polar surface area (TPSA) is 123 Å². The lowest BCUT2D eigenvalue weighted by Crippen LogP contribution is -2.17. The van der Waals surface area contributed by atoms with Crippen molar-refractivity contribution in [1.29, 1.82) is 0 Å². The summed E-state index contributed by atoms with van der Waals surface area (Å²) < 4.78 is 0.399. The van der Waals surface area contributed by atoms with Gasteiger partial charge >= 0.3 is 0 Å². The van der Waals surface area contributed by atoms with Gasteiger partial charge in [0, 0.05) is 29.0 Å². The molecule has 0 atom stereocenters. The zero-order valence-electron chi connectivity index (χ0n) is 10.5. The second-order valence-electron chi connectivity index (χ2n) is 3.94. The number of anilines is 2. The van der Waals surface area contributed by atoms with Gasteiger partial charge in [-0.25, -0.2) is 0 Å².